The van der Waals surface area contributed by atoms with Gasteiger partial charge in [0.2, 0.25) is 10.0 Å². The lowest BCUT2D eigenvalue weighted by atomic mass is 10.1. The predicted molar refractivity (Wildman–Crippen MR) is 68.5 cm³/mol. The summed E-state index contributed by atoms with van der Waals surface area (Å²) in [5.74, 6) is -0.0477. The molecular weight excluding hydrogens is 292 g/mol. The molecule has 4 nitrogen and oxygen atoms in total. The first-order valence-electron chi connectivity index (χ1n) is 4.88. The normalized spacial score (nSPS) is 13.7. The highest BCUT2D eigenvalue weighted by Gasteiger charge is 2.06. The highest BCUT2D eigenvalue weighted by Crippen LogP contribution is 2.16. The molecule has 0 aromatic heterocycles. The first-order chi connectivity index (χ1) is 7.38. The van der Waals surface area contributed by atoms with Gasteiger partial charge in [-0.3, -0.25) is 0 Å². The maximum absolute atomic E-state index is 10.7. The fraction of sp³-hybridized carbons (Fsp3) is 0.400. The van der Waals surface area contributed by atoms with Gasteiger partial charge in [0, 0.05) is 17.1 Å². The van der Waals surface area contributed by atoms with E-state index in [1.807, 2.05) is 31.2 Å². The maximum atomic E-state index is 10.7. The molecule has 0 aliphatic carbocycles. The first-order valence-corrected chi connectivity index (χ1v) is 7.38. The third-order valence-corrected chi connectivity index (χ3v) is 3.51. The molecule has 16 heavy (non-hydrogen) atoms. The Morgan fingerprint density at radius 2 is 1.94 bits per heavy atom. The van der Waals surface area contributed by atoms with Crippen molar-refractivity contribution in [3.05, 3.63) is 34.3 Å². The molecule has 0 spiro atoms. The van der Waals surface area contributed by atoms with Crippen LogP contribution < -0.4 is 10.5 Å². The number of primary sulfonamides is 1. The van der Waals surface area contributed by atoms with E-state index in [0.29, 0.717) is 6.54 Å². The van der Waals surface area contributed by atoms with Crippen molar-refractivity contribution in [1.29, 1.82) is 0 Å². The number of nitrogens with two attached hydrogens (primary N) is 1. The van der Waals surface area contributed by atoms with Crippen molar-refractivity contribution in [1.82, 2.24) is 5.32 Å². The van der Waals surface area contributed by atoms with Crippen LogP contribution in [0.25, 0.3) is 0 Å². The van der Waals surface area contributed by atoms with E-state index in [1.54, 1.807) is 0 Å². The van der Waals surface area contributed by atoms with Crippen molar-refractivity contribution in [2.45, 2.75) is 13.0 Å². The molecule has 0 heterocycles. The zero-order chi connectivity index (χ0) is 12.2. The minimum absolute atomic E-state index is 0.0477. The van der Waals surface area contributed by atoms with Crippen molar-refractivity contribution in [2.75, 3.05) is 12.3 Å². The van der Waals surface area contributed by atoms with Crippen LogP contribution in [0.4, 0.5) is 0 Å². The lowest BCUT2D eigenvalue weighted by molar-refractivity contribution is 0.573. The van der Waals surface area contributed by atoms with Crippen LogP contribution in [0.3, 0.4) is 0 Å². The van der Waals surface area contributed by atoms with Crippen LogP contribution in [0, 0.1) is 0 Å². The van der Waals surface area contributed by atoms with Gasteiger partial charge in [-0.05, 0) is 24.6 Å². The molecule has 0 amide bonds. The topological polar surface area (TPSA) is 72.2 Å². The number of hydrogen-bond donors (Lipinski definition) is 2. The Hall–Kier alpha value is -0.430. The molecule has 0 saturated heterocycles. The fourth-order valence-electron chi connectivity index (χ4n) is 1.29. The Labute approximate surface area is 104 Å². The standard InChI is InChI=1S/C10H15BrN2O2S/c1-8(13-6-7-16(12,14)15)9-2-4-10(11)5-3-9/h2-5,8,13H,6-7H2,1H3,(H2,12,14,15)/t8-/m0/s1. The van der Waals surface area contributed by atoms with E-state index < -0.39 is 10.0 Å². The number of benzene rings is 1. The van der Waals surface area contributed by atoms with Crippen LogP contribution >= 0.6 is 15.9 Å². The van der Waals surface area contributed by atoms with E-state index in [2.05, 4.69) is 21.2 Å². The minimum Gasteiger partial charge on any atom is -0.309 e. The summed E-state index contributed by atoms with van der Waals surface area (Å²) in [5.41, 5.74) is 1.11. The molecule has 0 saturated carbocycles. The summed E-state index contributed by atoms with van der Waals surface area (Å²) >= 11 is 3.36. The molecule has 1 aromatic rings. The third kappa shape index (κ3) is 5.07. The van der Waals surface area contributed by atoms with Gasteiger partial charge in [-0.15, -0.1) is 0 Å². The van der Waals surface area contributed by atoms with Gasteiger partial charge >= 0.3 is 0 Å². The number of rotatable bonds is 5. The van der Waals surface area contributed by atoms with E-state index in [1.165, 1.54) is 0 Å². The van der Waals surface area contributed by atoms with Gasteiger partial charge < -0.3 is 5.32 Å². The molecule has 0 fully saturated rings. The highest BCUT2D eigenvalue weighted by molar-refractivity contribution is 9.10. The Morgan fingerprint density at radius 1 is 1.38 bits per heavy atom. The largest absolute Gasteiger partial charge is 0.309 e. The SMILES string of the molecule is C[C@H](NCCS(N)(=O)=O)c1ccc(Br)cc1. The summed E-state index contributed by atoms with van der Waals surface area (Å²) in [7, 11) is -3.38. The van der Waals surface area contributed by atoms with Crippen molar-refractivity contribution >= 4 is 26.0 Å². The van der Waals surface area contributed by atoms with E-state index in [0.717, 1.165) is 10.0 Å². The van der Waals surface area contributed by atoms with Gasteiger partial charge in [0.25, 0.3) is 0 Å². The zero-order valence-electron chi connectivity index (χ0n) is 8.98. The summed E-state index contributed by atoms with van der Waals surface area (Å²) in [6.07, 6.45) is 0. The summed E-state index contributed by atoms with van der Waals surface area (Å²) in [6.45, 7) is 2.34. The maximum Gasteiger partial charge on any atom is 0.210 e. The molecule has 0 aliphatic heterocycles. The molecule has 90 valence electrons. The van der Waals surface area contributed by atoms with Crippen molar-refractivity contribution in [3.63, 3.8) is 0 Å². The average Bonchev–Trinajstić information content (AvgIpc) is 2.16. The van der Waals surface area contributed by atoms with Crippen LogP contribution in [0.2, 0.25) is 0 Å². The van der Waals surface area contributed by atoms with Crippen molar-refractivity contribution < 1.29 is 8.42 Å². The molecule has 0 radical (unpaired) electrons. The minimum atomic E-state index is -3.38. The second-order valence-corrected chi connectivity index (χ2v) is 6.24. The fourth-order valence-corrected chi connectivity index (χ4v) is 1.95. The summed E-state index contributed by atoms with van der Waals surface area (Å²) in [4.78, 5) is 0. The van der Waals surface area contributed by atoms with Crippen molar-refractivity contribution in [3.8, 4) is 0 Å². The summed E-state index contributed by atoms with van der Waals surface area (Å²) in [5, 5.41) is 8.01. The number of halogens is 1. The van der Waals surface area contributed by atoms with Gasteiger partial charge in [-0.2, -0.15) is 0 Å². The molecule has 0 bridgehead atoms. The Bertz CT molecular complexity index is 431. The molecule has 1 rings (SSSR count). The molecular formula is C10H15BrN2O2S. The van der Waals surface area contributed by atoms with Crippen LogP contribution in [-0.4, -0.2) is 20.7 Å². The molecule has 1 aromatic carbocycles. The number of sulfonamides is 1. The second-order valence-electron chi connectivity index (χ2n) is 3.59. The molecule has 0 aliphatic rings. The second kappa shape index (κ2) is 5.77. The quantitative estimate of drug-likeness (QED) is 0.863. The third-order valence-electron chi connectivity index (χ3n) is 2.21. The monoisotopic (exact) mass is 306 g/mol. The average molecular weight is 307 g/mol. The zero-order valence-corrected chi connectivity index (χ0v) is 11.4. The van der Waals surface area contributed by atoms with Gasteiger partial charge in [-0.25, -0.2) is 13.6 Å². The summed E-state index contributed by atoms with van der Waals surface area (Å²) < 4.78 is 22.5. The molecule has 0 unspecified atom stereocenters. The lowest BCUT2D eigenvalue weighted by Crippen LogP contribution is -2.28. The van der Waals surface area contributed by atoms with Gasteiger partial charge in [0.15, 0.2) is 0 Å². The van der Waals surface area contributed by atoms with E-state index in [-0.39, 0.29) is 11.8 Å². The Balaban J connectivity index is 2.47. The number of hydrogen-bond acceptors (Lipinski definition) is 3. The Kier molecular flexibility index (Phi) is 4.91. The van der Waals surface area contributed by atoms with Crippen LogP contribution in [0.15, 0.2) is 28.7 Å². The molecule has 3 N–H and O–H groups in total. The first kappa shape index (κ1) is 13.6. The van der Waals surface area contributed by atoms with Gasteiger partial charge in [-0.1, -0.05) is 28.1 Å². The summed E-state index contributed by atoms with van der Waals surface area (Å²) in [6, 6.07) is 7.98. The van der Waals surface area contributed by atoms with Crippen LogP contribution in [0.1, 0.15) is 18.5 Å². The van der Waals surface area contributed by atoms with Crippen LogP contribution in [-0.2, 0) is 10.0 Å². The predicted octanol–water partition coefficient (Wildman–Crippen LogP) is 1.39. The Morgan fingerprint density at radius 3 is 2.44 bits per heavy atom. The highest BCUT2D eigenvalue weighted by atomic mass is 79.9. The number of nitrogens with one attached hydrogen (secondary N) is 1. The van der Waals surface area contributed by atoms with E-state index in [9.17, 15) is 8.42 Å². The van der Waals surface area contributed by atoms with Gasteiger partial charge in [0.1, 0.15) is 0 Å². The smallest absolute Gasteiger partial charge is 0.210 e. The van der Waals surface area contributed by atoms with Crippen molar-refractivity contribution in [2.24, 2.45) is 5.14 Å². The van der Waals surface area contributed by atoms with E-state index >= 15 is 0 Å². The van der Waals surface area contributed by atoms with E-state index in [4.69, 9.17) is 5.14 Å². The lowest BCUT2D eigenvalue weighted by Gasteiger charge is -2.13. The van der Waals surface area contributed by atoms with Crippen LogP contribution in [0.5, 0.6) is 0 Å². The molecule has 6 heteroatoms. The molecule has 1 atom stereocenters. The van der Waals surface area contributed by atoms with Gasteiger partial charge in [0.05, 0.1) is 5.75 Å².